The molecule has 1 saturated heterocycles. The molecule has 1 aliphatic rings. The molecule has 0 bridgehead atoms. The molecule has 0 amide bonds. The van der Waals surface area contributed by atoms with E-state index in [0.29, 0.717) is 0 Å². The SMILES string of the molecule is Cc1ccc(C(C)(C)N2CC2)cc1. The van der Waals surface area contributed by atoms with E-state index >= 15 is 0 Å². The van der Waals surface area contributed by atoms with Crippen molar-refractivity contribution in [3.63, 3.8) is 0 Å². The van der Waals surface area contributed by atoms with Gasteiger partial charge in [-0.05, 0) is 26.3 Å². The van der Waals surface area contributed by atoms with E-state index in [-0.39, 0.29) is 5.54 Å². The Hall–Kier alpha value is -0.820. The lowest BCUT2D eigenvalue weighted by molar-refractivity contribution is 0.287. The molecule has 1 aromatic carbocycles. The molecule has 13 heavy (non-hydrogen) atoms. The van der Waals surface area contributed by atoms with Crippen molar-refractivity contribution in [1.82, 2.24) is 4.90 Å². The summed E-state index contributed by atoms with van der Waals surface area (Å²) in [6.07, 6.45) is 0. The van der Waals surface area contributed by atoms with Gasteiger partial charge in [-0.25, -0.2) is 0 Å². The molecule has 1 heterocycles. The van der Waals surface area contributed by atoms with Crippen LogP contribution in [0.15, 0.2) is 24.3 Å². The van der Waals surface area contributed by atoms with Crippen molar-refractivity contribution in [2.24, 2.45) is 0 Å². The summed E-state index contributed by atoms with van der Waals surface area (Å²) < 4.78 is 0. The van der Waals surface area contributed by atoms with Gasteiger partial charge in [0.2, 0.25) is 0 Å². The van der Waals surface area contributed by atoms with Crippen LogP contribution in [0.5, 0.6) is 0 Å². The van der Waals surface area contributed by atoms with Crippen molar-refractivity contribution < 1.29 is 0 Å². The third-order valence-corrected chi connectivity index (χ3v) is 3.00. The average molecular weight is 175 g/mol. The van der Waals surface area contributed by atoms with Crippen LogP contribution in [0.25, 0.3) is 0 Å². The van der Waals surface area contributed by atoms with Gasteiger partial charge in [0.05, 0.1) is 0 Å². The van der Waals surface area contributed by atoms with Crippen molar-refractivity contribution in [2.45, 2.75) is 26.3 Å². The van der Waals surface area contributed by atoms with Crippen molar-refractivity contribution in [3.8, 4) is 0 Å². The monoisotopic (exact) mass is 175 g/mol. The number of rotatable bonds is 2. The number of benzene rings is 1. The summed E-state index contributed by atoms with van der Waals surface area (Å²) in [7, 11) is 0. The third kappa shape index (κ3) is 1.61. The van der Waals surface area contributed by atoms with Gasteiger partial charge in [-0.15, -0.1) is 0 Å². The molecule has 0 spiro atoms. The predicted molar refractivity (Wildman–Crippen MR) is 55.8 cm³/mol. The molecule has 0 atom stereocenters. The Morgan fingerprint density at radius 3 is 2.08 bits per heavy atom. The minimum absolute atomic E-state index is 0.230. The van der Waals surface area contributed by atoms with Crippen LogP contribution < -0.4 is 0 Å². The van der Waals surface area contributed by atoms with E-state index in [1.807, 2.05) is 0 Å². The maximum Gasteiger partial charge on any atom is 0.0405 e. The highest BCUT2D eigenvalue weighted by Gasteiger charge is 2.35. The van der Waals surface area contributed by atoms with Crippen LogP contribution in [0.2, 0.25) is 0 Å². The lowest BCUT2D eigenvalue weighted by Crippen LogP contribution is -2.27. The zero-order valence-electron chi connectivity index (χ0n) is 8.67. The highest BCUT2D eigenvalue weighted by atomic mass is 15.3. The molecule has 0 saturated carbocycles. The number of aryl methyl sites for hydroxylation is 1. The van der Waals surface area contributed by atoms with Crippen LogP contribution in [0.1, 0.15) is 25.0 Å². The number of nitrogens with zero attached hydrogens (tertiary/aromatic N) is 1. The summed E-state index contributed by atoms with van der Waals surface area (Å²) in [5, 5.41) is 0. The van der Waals surface area contributed by atoms with Crippen molar-refractivity contribution in [3.05, 3.63) is 35.4 Å². The molecule has 1 fully saturated rings. The molecular weight excluding hydrogens is 158 g/mol. The van der Waals surface area contributed by atoms with E-state index in [1.54, 1.807) is 0 Å². The molecule has 0 unspecified atom stereocenters. The smallest absolute Gasteiger partial charge is 0.0405 e. The average Bonchev–Trinajstić information content (AvgIpc) is 2.87. The number of hydrogen-bond acceptors (Lipinski definition) is 1. The standard InChI is InChI=1S/C12H17N/c1-10-4-6-11(7-5-10)12(2,3)13-8-9-13/h4-7H,8-9H2,1-3H3. The van der Waals surface area contributed by atoms with Gasteiger partial charge in [0, 0.05) is 18.6 Å². The predicted octanol–water partition coefficient (Wildman–Crippen LogP) is 2.55. The molecule has 1 nitrogen and oxygen atoms in total. The van der Waals surface area contributed by atoms with Crippen LogP contribution in [0.3, 0.4) is 0 Å². The van der Waals surface area contributed by atoms with Crippen LogP contribution in [-0.2, 0) is 5.54 Å². The van der Waals surface area contributed by atoms with Crippen LogP contribution in [0.4, 0.5) is 0 Å². The maximum atomic E-state index is 2.48. The summed E-state index contributed by atoms with van der Waals surface area (Å²) in [5.74, 6) is 0. The normalized spacial score (nSPS) is 17.5. The Balaban J connectivity index is 2.28. The molecule has 2 rings (SSSR count). The molecule has 1 aliphatic heterocycles. The van der Waals surface area contributed by atoms with Gasteiger partial charge in [0.1, 0.15) is 0 Å². The Labute approximate surface area is 80.4 Å². The summed E-state index contributed by atoms with van der Waals surface area (Å²) >= 11 is 0. The molecule has 1 aromatic rings. The second-order valence-electron chi connectivity index (χ2n) is 4.41. The molecular formula is C12H17N. The minimum atomic E-state index is 0.230. The van der Waals surface area contributed by atoms with E-state index in [2.05, 4.69) is 49.9 Å². The van der Waals surface area contributed by atoms with Gasteiger partial charge in [0.25, 0.3) is 0 Å². The maximum absolute atomic E-state index is 2.48. The van der Waals surface area contributed by atoms with Gasteiger partial charge in [-0.2, -0.15) is 0 Å². The van der Waals surface area contributed by atoms with Crippen LogP contribution >= 0.6 is 0 Å². The first kappa shape index (κ1) is 8.76. The Morgan fingerprint density at radius 1 is 1.08 bits per heavy atom. The topological polar surface area (TPSA) is 3.01 Å². The minimum Gasteiger partial charge on any atom is -0.292 e. The molecule has 0 aliphatic carbocycles. The van der Waals surface area contributed by atoms with E-state index < -0.39 is 0 Å². The van der Waals surface area contributed by atoms with E-state index in [9.17, 15) is 0 Å². The van der Waals surface area contributed by atoms with Crippen LogP contribution in [0, 0.1) is 6.92 Å². The first-order chi connectivity index (χ1) is 6.10. The molecule has 0 radical (unpaired) electrons. The van der Waals surface area contributed by atoms with Gasteiger partial charge in [-0.1, -0.05) is 29.8 Å². The Morgan fingerprint density at radius 2 is 1.62 bits per heavy atom. The lowest BCUT2D eigenvalue weighted by Gasteiger charge is -2.27. The van der Waals surface area contributed by atoms with Crippen molar-refractivity contribution in [1.29, 1.82) is 0 Å². The summed E-state index contributed by atoms with van der Waals surface area (Å²) in [6, 6.07) is 8.88. The fourth-order valence-corrected chi connectivity index (χ4v) is 1.75. The van der Waals surface area contributed by atoms with Gasteiger partial charge in [-0.3, -0.25) is 4.90 Å². The fourth-order valence-electron chi connectivity index (χ4n) is 1.75. The molecule has 70 valence electrons. The van der Waals surface area contributed by atoms with E-state index in [0.717, 1.165) is 0 Å². The fraction of sp³-hybridized carbons (Fsp3) is 0.500. The van der Waals surface area contributed by atoms with Gasteiger partial charge < -0.3 is 0 Å². The largest absolute Gasteiger partial charge is 0.292 e. The van der Waals surface area contributed by atoms with E-state index in [1.165, 1.54) is 24.2 Å². The highest BCUT2D eigenvalue weighted by molar-refractivity contribution is 5.27. The molecule has 0 aromatic heterocycles. The second kappa shape index (κ2) is 2.85. The lowest BCUT2D eigenvalue weighted by atomic mass is 9.93. The van der Waals surface area contributed by atoms with Crippen molar-refractivity contribution in [2.75, 3.05) is 13.1 Å². The molecule has 0 N–H and O–H groups in total. The van der Waals surface area contributed by atoms with E-state index in [4.69, 9.17) is 0 Å². The third-order valence-electron chi connectivity index (χ3n) is 3.00. The summed E-state index contributed by atoms with van der Waals surface area (Å²) in [6.45, 7) is 9.23. The van der Waals surface area contributed by atoms with Gasteiger partial charge >= 0.3 is 0 Å². The zero-order valence-corrected chi connectivity index (χ0v) is 8.67. The Kier molecular flexibility index (Phi) is 1.92. The first-order valence-corrected chi connectivity index (χ1v) is 4.93. The highest BCUT2D eigenvalue weighted by Crippen LogP contribution is 2.32. The number of hydrogen-bond donors (Lipinski definition) is 0. The zero-order chi connectivity index (χ0) is 9.47. The first-order valence-electron chi connectivity index (χ1n) is 4.93. The van der Waals surface area contributed by atoms with Crippen LogP contribution in [-0.4, -0.2) is 18.0 Å². The van der Waals surface area contributed by atoms with Crippen molar-refractivity contribution >= 4 is 0 Å². The Bertz CT molecular complexity index is 293. The second-order valence-corrected chi connectivity index (χ2v) is 4.41. The van der Waals surface area contributed by atoms with Gasteiger partial charge in [0.15, 0.2) is 0 Å². The summed E-state index contributed by atoms with van der Waals surface area (Å²) in [4.78, 5) is 2.48. The summed E-state index contributed by atoms with van der Waals surface area (Å²) in [5.41, 5.74) is 2.99. The quantitative estimate of drug-likeness (QED) is 0.624. The molecule has 1 heteroatoms.